The largest absolute Gasteiger partial charge is 0.497 e. The fraction of sp³-hybridized carbons (Fsp3) is 0.167. The smallest absolute Gasteiger partial charge is 0.311 e. The highest BCUT2D eigenvalue weighted by atomic mass is 32.2. The molecule has 0 heterocycles. The van der Waals surface area contributed by atoms with Gasteiger partial charge in [-0.3, -0.25) is 14.9 Å². The van der Waals surface area contributed by atoms with Gasteiger partial charge in [-0.25, -0.2) is 13.8 Å². The average Bonchev–Trinajstić information content (AvgIpc) is 2.88. The number of nitrogens with one attached hydrogen (secondary N) is 1. The van der Waals surface area contributed by atoms with E-state index < -0.39 is 27.4 Å². The average molecular weight is 513 g/mol. The summed E-state index contributed by atoms with van der Waals surface area (Å²) in [6.07, 6.45) is 1.21. The standard InChI is InChI=1S/C24H24N4O7S/c1-34-20-9-11-21(12-10-20)36(32,33)27(16-18-6-4-3-5-7-18)17-24(29)26-25-15-19-8-13-23(35-2)22(14-19)28(30)31/h3-15H,16-17H2,1-2H3,(H,26,29)/b25-15+. The van der Waals surface area contributed by atoms with Gasteiger partial charge in [0.25, 0.3) is 5.91 Å². The minimum Gasteiger partial charge on any atom is -0.497 e. The van der Waals surface area contributed by atoms with E-state index in [1.807, 2.05) is 0 Å². The first-order chi connectivity index (χ1) is 17.2. The van der Waals surface area contributed by atoms with Crippen molar-refractivity contribution >= 4 is 27.8 Å². The molecule has 3 aromatic carbocycles. The summed E-state index contributed by atoms with van der Waals surface area (Å²) < 4.78 is 37.7. The van der Waals surface area contributed by atoms with Gasteiger partial charge in [-0.1, -0.05) is 30.3 Å². The second-order valence-corrected chi connectivity index (χ2v) is 9.35. The molecule has 0 radical (unpaired) electrons. The van der Waals surface area contributed by atoms with Crippen molar-refractivity contribution in [3.05, 3.63) is 94.0 Å². The quantitative estimate of drug-likeness (QED) is 0.237. The summed E-state index contributed by atoms with van der Waals surface area (Å²) in [6.45, 7) is -0.555. The summed E-state index contributed by atoms with van der Waals surface area (Å²) >= 11 is 0. The van der Waals surface area contributed by atoms with E-state index in [4.69, 9.17) is 9.47 Å². The van der Waals surface area contributed by atoms with E-state index in [0.717, 1.165) is 4.31 Å². The van der Waals surface area contributed by atoms with Crippen molar-refractivity contribution in [2.45, 2.75) is 11.4 Å². The van der Waals surface area contributed by atoms with Gasteiger partial charge >= 0.3 is 5.69 Å². The lowest BCUT2D eigenvalue weighted by Gasteiger charge is -2.21. The number of sulfonamides is 1. The van der Waals surface area contributed by atoms with Gasteiger partial charge in [0, 0.05) is 18.2 Å². The van der Waals surface area contributed by atoms with Gasteiger partial charge in [-0.2, -0.15) is 9.41 Å². The molecule has 1 amide bonds. The Morgan fingerprint density at radius 2 is 1.75 bits per heavy atom. The van der Waals surface area contributed by atoms with Crippen molar-refractivity contribution in [1.82, 2.24) is 9.73 Å². The number of nitro groups is 1. The second-order valence-electron chi connectivity index (χ2n) is 7.42. The molecule has 1 N–H and O–H groups in total. The van der Waals surface area contributed by atoms with Crippen LogP contribution < -0.4 is 14.9 Å². The highest BCUT2D eigenvalue weighted by Crippen LogP contribution is 2.27. The molecule has 36 heavy (non-hydrogen) atoms. The molecule has 0 fully saturated rings. The third kappa shape index (κ3) is 6.64. The molecule has 0 saturated heterocycles. The van der Waals surface area contributed by atoms with Crippen LogP contribution in [0.2, 0.25) is 0 Å². The van der Waals surface area contributed by atoms with Crippen LogP contribution in [0.25, 0.3) is 0 Å². The molecule has 0 saturated carbocycles. The molecule has 0 aliphatic carbocycles. The molecular weight excluding hydrogens is 488 g/mol. The van der Waals surface area contributed by atoms with Gasteiger partial charge in [0.15, 0.2) is 5.75 Å². The number of rotatable bonds is 11. The Kier molecular flexibility index (Phi) is 8.71. The normalized spacial score (nSPS) is 11.4. The van der Waals surface area contributed by atoms with Crippen molar-refractivity contribution < 1.29 is 27.6 Å². The lowest BCUT2D eigenvalue weighted by molar-refractivity contribution is -0.385. The minimum absolute atomic E-state index is 0.000995. The van der Waals surface area contributed by atoms with Crippen molar-refractivity contribution in [2.75, 3.05) is 20.8 Å². The fourth-order valence-corrected chi connectivity index (χ4v) is 4.60. The van der Waals surface area contributed by atoms with E-state index in [1.54, 1.807) is 30.3 Å². The van der Waals surface area contributed by atoms with E-state index in [1.165, 1.54) is 62.9 Å². The zero-order valence-electron chi connectivity index (χ0n) is 19.5. The topological polar surface area (TPSA) is 140 Å². The third-order valence-corrected chi connectivity index (χ3v) is 6.83. The van der Waals surface area contributed by atoms with Crippen LogP contribution in [-0.4, -0.2) is 50.5 Å². The maximum Gasteiger partial charge on any atom is 0.311 e. The maximum atomic E-state index is 13.3. The van der Waals surface area contributed by atoms with Gasteiger partial charge < -0.3 is 9.47 Å². The van der Waals surface area contributed by atoms with Crippen LogP contribution in [0.3, 0.4) is 0 Å². The Morgan fingerprint density at radius 3 is 2.36 bits per heavy atom. The summed E-state index contributed by atoms with van der Waals surface area (Å²) in [5.74, 6) is -0.113. The molecule has 0 atom stereocenters. The van der Waals surface area contributed by atoms with Gasteiger partial charge in [0.05, 0.1) is 36.8 Å². The van der Waals surface area contributed by atoms with Gasteiger partial charge in [-0.05, 0) is 42.0 Å². The van der Waals surface area contributed by atoms with E-state index in [9.17, 15) is 23.3 Å². The van der Waals surface area contributed by atoms with Crippen molar-refractivity contribution in [3.63, 3.8) is 0 Å². The first-order valence-electron chi connectivity index (χ1n) is 10.6. The van der Waals surface area contributed by atoms with Crippen LogP contribution in [0.4, 0.5) is 5.69 Å². The van der Waals surface area contributed by atoms with Gasteiger partial charge in [0.2, 0.25) is 10.0 Å². The lowest BCUT2D eigenvalue weighted by atomic mass is 10.2. The van der Waals surface area contributed by atoms with E-state index in [-0.39, 0.29) is 22.9 Å². The third-order valence-electron chi connectivity index (χ3n) is 5.02. The van der Waals surface area contributed by atoms with Gasteiger partial charge in [0.1, 0.15) is 5.75 Å². The molecule has 0 unspecified atom stereocenters. The fourth-order valence-electron chi connectivity index (χ4n) is 3.21. The highest BCUT2D eigenvalue weighted by molar-refractivity contribution is 7.89. The summed E-state index contributed by atoms with van der Waals surface area (Å²) in [6, 6.07) is 18.9. The molecule has 188 valence electrons. The summed E-state index contributed by atoms with van der Waals surface area (Å²) in [5.41, 5.74) is 3.05. The summed E-state index contributed by atoms with van der Waals surface area (Å²) in [4.78, 5) is 23.2. The van der Waals surface area contributed by atoms with Crippen LogP contribution in [-0.2, 0) is 21.4 Å². The monoisotopic (exact) mass is 512 g/mol. The molecule has 0 aliphatic heterocycles. The predicted octanol–water partition coefficient (Wildman–Crippen LogP) is 2.95. The number of ether oxygens (including phenoxy) is 2. The molecule has 3 aromatic rings. The molecule has 0 bridgehead atoms. The number of hydrazone groups is 1. The van der Waals surface area contributed by atoms with Crippen molar-refractivity contribution in [3.8, 4) is 11.5 Å². The summed E-state index contributed by atoms with van der Waals surface area (Å²) in [5, 5.41) is 15.0. The number of methoxy groups -OCH3 is 2. The second kappa shape index (κ2) is 11.9. The molecule has 0 aliphatic rings. The maximum absolute atomic E-state index is 13.3. The first kappa shape index (κ1) is 26.3. The minimum atomic E-state index is -4.04. The number of carbonyl (C=O) groups is 1. The van der Waals surface area contributed by atoms with Crippen LogP contribution >= 0.6 is 0 Å². The van der Waals surface area contributed by atoms with Crippen molar-refractivity contribution in [2.24, 2.45) is 5.10 Å². The Hall–Kier alpha value is -4.29. The molecule has 11 nitrogen and oxygen atoms in total. The number of hydrogen-bond donors (Lipinski definition) is 1. The highest BCUT2D eigenvalue weighted by Gasteiger charge is 2.27. The Morgan fingerprint density at radius 1 is 1.06 bits per heavy atom. The van der Waals surface area contributed by atoms with E-state index >= 15 is 0 Å². The van der Waals surface area contributed by atoms with Crippen LogP contribution in [0.15, 0.2) is 82.8 Å². The zero-order valence-corrected chi connectivity index (χ0v) is 20.3. The van der Waals surface area contributed by atoms with Crippen LogP contribution in [0.5, 0.6) is 11.5 Å². The molecule has 12 heteroatoms. The van der Waals surface area contributed by atoms with Crippen LogP contribution in [0, 0.1) is 10.1 Å². The van der Waals surface area contributed by atoms with E-state index in [2.05, 4.69) is 10.5 Å². The molecule has 0 spiro atoms. The molecule has 3 rings (SSSR count). The predicted molar refractivity (Wildman–Crippen MR) is 132 cm³/mol. The Balaban J connectivity index is 1.78. The lowest BCUT2D eigenvalue weighted by Crippen LogP contribution is -2.39. The Labute approximate surface area is 208 Å². The molecule has 0 aromatic heterocycles. The number of nitro benzene ring substituents is 1. The van der Waals surface area contributed by atoms with Crippen molar-refractivity contribution in [1.29, 1.82) is 0 Å². The zero-order chi connectivity index (χ0) is 26.1. The Bertz CT molecular complexity index is 1340. The van der Waals surface area contributed by atoms with Crippen LogP contribution in [0.1, 0.15) is 11.1 Å². The number of nitrogens with zero attached hydrogens (tertiary/aromatic N) is 3. The SMILES string of the molecule is COc1ccc(S(=O)(=O)N(CC(=O)N/N=C/c2ccc(OC)c([N+](=O)[O-])c2)Cc2ccccc2)cc1. The van der Waals surface area contributed by atoms with E-state index in [0.29, 0.717) is 16.9 Å². The number of carbonyl (C=O) groups excluding carboxylic acids is 1. The number of hydrogen-bond acceptors (Lipinski definition) is 8. The molecular formula is C24H24N4O7S. The summed E-state index contributed by atoms with van der Waals surface area (Å²) in [7, 11) is -1.25. The first-order valence-corrected chi connectivity index (χ1v) is 12.0. The van der Waals surface area contributed by atoms with Gasteiger partial charge in [-0.15, -0.1) is 0 Å². The number of benzene rings is 3. The number of amides is 1.